The van der Waals surface area contributed by atoms with Crippen LogP contribution in [0.1, 0.15) is 11.3 Å². The lowest BCUT2D eigenvalue weighted by molar-refractivity contribution is 1.01. The van der Waals surface area contributed by atoms with E-state index in [1.165, 1.54) is 11.3 Å². The summed E-state index contributed by atoms with van der Waals surface area (Å²) in [5.74, 6) is 0. The van der Waals surface area contributed by atoms with Crippen molar-refractivity contribution in [3.63, 3.8) is 0 Å². The van der Waals surface area contributed by atoms with E-state index in [9.17, 15) is 0 Å². The lowest BCUT2D eigenvalue weighted by Crippen LogP contribution is -2.01. The Balaban J connectivity index is 1.99. The molecule has 1 N–H and O–H groups in total. The topological polar surface area (TPSA) is 37.8 Å². The van der Waals surface area contributed by atoms with Crippen LogP contribution in [0.2, 0.25) is 0 Å². The van der Waals surface area contributed by atoms with Gasteiger partial charge >= 0.3 is 0 Å². The quantitative estimate of drug-likeness (QED) is 0.836. The van der Waals surface area contributed by atoms with Gasteiger partial charge in [0.25, 0.3) is 0 Å². The molecule has 0 radical (unpaired) electrons. The van der Waals surface area contributed by atoms with Crippen LogP contribution in [0.3, 0.4) is 0 Å². The number of nitrogens with one attached hydrogen (secondary N) is 1. The van der Waals surface area contributed by atoms with Gasteiger partial charge in [0.15, 0.2) is 0 Å². The molecule has 0 atom stereocenters. The third-order valence-electron chi connectivity index (χ3n) is 1.96. The van der Waals surface area contributed by atoms with Gasteiger partial charge in [0.1, 0.15) is 6.33 Å². The highest BCUT2D eigenvalue weighted by Gasteiger charge is 1.98. The van der Waals surface area contributed by atoms with E-state index in [-0.39, 0.29) is 0 Å². The first-order valence-corrected chi connectivity index (χ1v) is 5.32. The van der Waals surface area contributed by atoms with Crippen molar-refractivity contribution in [2.75, 3.05) is 5.32 Å². The molecular weight excluding hydrogens is 194 g/mol. The van der Waals surface area contributed by atoms with Crippen LogP contribution in [-0.4, -0.2) is 9.97 Å². The van der Waals surface area contributed by atoms with Crippen LogP contribution in [0.4, 0.5) is 5.69 Å². The van der Waals surface area contributed by atoms with Crippen molar-refractivity contribution >= 4 is 17.0 Å². The van der Waals surface area contributed by atoms with Gasteiger partial charge in [-0.15, -0.1) is 11.3 Å². The van der Waals surface area contributed by atoms with Crippen LogP contribution >= 0.6 is 11.3 Å². The summed E-state index contributed by atoms with van der Waals surface area (Å²) in [7, 11) is 0. The highest BCUT2D eigenvalue weighted by molar-refractivity contribution is 7.08. The minimum Gasteiger partial charge on any atom is -0.378 e. The van der Waals surface area contributed by atoms with E-state index >= 15 is 0 Å². The number of nitrogens with zero attached hydrogens (tertiary/aromatic N) is 2. The number of aryl methyl sites for hydroxylation is 1. The lowest BCUT2D eigenvalue weighted by atomic mass is 10.3. The van der Waals surface area contributed by atoms with Gasteiger partial charge in [-0.25, -0.2) is 9.97 Å². The molecule has 0 amide bonds. The van der Waals surface area contributed by atoms with E-state index in [1.54, 1.807) is 23.9 Å². The molecular formula is C10H11N3S. The Hall–Kier alpha value is -1.42. The zero-order chi connectivity index (χ0) is 9.80. The van der Waals surface area contributed by atoms with E-state index in [0.717, 1.165) is 12.2 Å². The minimum atomic E-state index is 0.750. The van der Waals surface area contributed by atoms with Crippen molar-refractivity contribution in [2.45, 2.75) is 13.5 Å². The summed E-state index contributed by atoms with van der Waals surface area (Å²) in [5, 5.41) is 7.56. The lowest BCUT2D eigenvalue weighted by Gasteiger charge is -2.03. The standard InChI is InChI=1S/C10H11N3S/c1-8-5-14-6-10(8)12-4-9-2-3-11-7-13-9/h2-3,5-7,12H,4H2,1H3. The molecule has 3 nitrogen and oxygen atoms in total. The number of hydrogen-bond acceptors (Lipinski definition) is 4. The van der Waals surface area contributed by atoms with Crippen molar-refractivity contribution in [1.82, 2.24) is 9.97 Å². The molecule has 0 saturated heterocycles. The van der Waals surface area contributed by atoms with E-state index < -0.39 is 0 Å². The fourth-order valence-corrected chi connectivity index (χ4v) is 1.95. The smallest absolute Gasteiger partial charge is 0.115 e. The second-order valence-electron chi connectivity index (χ2n) is 3.02. The average molecular weight is 205 g/mol. The summed E-state index contributed by atoms with van der Waals surface area (Å²) in [6.07, 6.45) is 3.32. The monoisotopic (exact) mass is 205 g/mol. The predicted octanol–water partition coefficient (Wildman–Crippen LogP) is 2.46. The number of hydrogen-bond donors (Lipinski definition) is 1. The van der Waals surface area contributed by atoms with Gasteiger partial charge in [-0.05, 0) is 23.9 Å². The average Bonchev–Trinajstić information content (AvgIpc) is 2.63. The Kier molecular flexibility index (Phi) is 2.74. The third kappa shape index (κ3) is 2.09. The highest BCUT2D eigenvalue weighted by atomic mass is 32.1. The van der Waals surface area contributed by atoms with Gasteiger partial charge in [0.05, 0.1) is 12.2 Å². The molecule has 0 saturated carbocycles. The zero-order valence-electron chi connectivity index (χ0n) is 7.90. The van der Waals surface area contributed by atoms with Crippen LogP contribution < -0.4 is 5.32 Å². The van der Waals surface area contributed by atoms with Gasteiger partial charge in [-0.2, -0.15) is 0 Å². The third-order valence-corrected chi connectivity index (χ3v) is 2.82. The van der Waals surface area contributed by atoms with Crippen LogP contribution in [0.15, 0.2) is 29.4 Å². The summed E-state index contributed by atoms with van der Waals surface area (Å²) in [5.41, 5.74) is 3.48. The van der Waals surface area contributed by atoms with Crippen molar-refractivity contribution < 1.29 is 0 Å². The van der Waals surface area contributed by atoms with Gasteiger partial charge in [0.2, 0.25) is 0 Å². The van der Waals surface area contributed by atoms with E-state index in [0.29, 0.717) is 0 Å². The second-order valence-corrected chi connectivity index (χ2v) is 3.77. The van der Waals surface area contributed by atoms with Crippen LogP contribution in [0.5, 0.6) is 0 Å². The fraction of sp³-hybridized carbons (Fsp3) is 0.200. The molecule has 0 bridgehead atoms. The molecule has 2 aromatic rings. The SMILES string of the molecule is Cc1cscc1NCc1ccncn1. The molecule has 14 heavy (non-hydrogen) atoms. The molecule has 2 rings (SSSR count). The summed E-state index contributed by atoms with van der Waals surface area (Å²) >= 11 is 1.71. The summed E-state index contributed by atoms with van der Waals surface area (Å²) in [6.45, 7) is 2.85. The Labute approximate surface area is 86.8 Å². The molecule has 2 aromatic heterocycles. The summed E-state index contributed by atoms with van der Waals surface area (Å²) in [4.78, 5) is 8.01. The van der Waals surface area contributed by atoms with Crippen molar-refractivity contribution in [1.29, 1.82) is 0 Å². The van der Waals surface area contributed by atoms with E-state index in [2.05, 4.69) is 33.0 Å². The Morgan fingerprint density at radius 3 is 3.00 bits per heavy atom. The molecule has 4 heteroatoms. The molecule has 0 aliphatic heterocycles. The molecule has 2 heterocycles. The summed E-state index contributed by atoms with van der Waals surface area (Å²) < 4.78 is 0. The molecule has 0 unspecified atom stereocenters. The predicted molar refractivity (Wildman–Crippen MR) is 58.4 cm³/mol. The maximum absolute atomic E-state index is 4.14. The van der Waals surface area contributed by atoms with Crippen LogP contribution in [-0.2, 0) is 6.54 Å². The Morgan fingerprint density at radius 2 is 2.36 bits per heavy atom. The molecule has 0 fully saturated rings. The maximum atomic E-state index is 4.14. The number of anilines is 1. The molecule has 0 aliphatic carbocycles. The van der Waals surface area contributed by atoms with Gasteiger partial charge in [0, 0.05) is 17.3 Å². The highest BCUT2D eigenvalue weighted by Crippen LogP contribution is 2.19. The number of rotatable bonds is 3. The largest absolute Gasteiger partial charge is 0.378 e. The maximum Gasteiger partial charge on any atom is 0.115 e. The van der Waals surface area contributed by atoms with Crippen LogP contribution in [0.25, 0.3) is 0 Å². The normalized spacial score (nSPS) is 10.1. The first kappa shape index (κ1) is 9.15. The van der Waals surface area contributed by atoms with E-state index in [1.807, 2.05) is 6.07 Å². The molecule has 0 spiro atoms. The molecule has 0 aliphatic rings. The number of aromatic nitrogens is 2. The molecule has 0 aromatic carbocycles. The Morgan fingerprint density at radius 1 is 1.43 bits per heavy atom. The van der Waals surface area contributed by atoms with Crippen molar-refractivity contribution in [2.24, 2.45) is 0 Å². The second kappa shape index (κ2) is 4.19. The fourth-order valence-electron chi connectivity index (χ4n) is 1.15. The van der Waals surface area contributed by atoms with Crippen molar-refractivity contribution in [3.05, 3.63) is 40.6 Å². The van der Waals surface area contributed by atoms with Gasteiger partial charge in [-0.1, -0.05) is 0 Å². The number of thiophene rings is 1. The summed E-state index contributed by atoms with van der Waals surface area (Å²) in [6, 6.07) is 1.91. The van der Waals surface area contributed by atoms with Crippen LogP contribution in [0, 0.1) is 6.92 Å². The zero-order valence-corrected chi connectivity index (χ0v) is 8.71. The van der Waals surface area contributed by atoms with Gasteiger partial charge in [-0.3, -0.25) is 0 Å². The van der Waals surface area contributed by atoms with E-state index in [4.69, 9.17) is 0 Å². The van der Waals surface area contributed by atoms with Crippen molar-refractivity contribution in [3.8, 4) is 0 Å². The first-order valence-electron chi connectivity index (χ1n) is 4.38. The first-order chi connectivity index (χ1) is 6.86. The minimum absolute atomic E-state index is 0.750. The van der Waals surface area contributed by atoms with Gasteiger partial charge < -0.3 is 5.32 Å². The Bertz CT molecular complexity index is 397. The molecule has 72 valence electrons.